The summed E-state index contributed by atoms with van der Waals surface area (Å²) in [6.07, 6.45) is 0. The molecule has 0 aliphatic heterocycles. The average molecular weight is 214 g/mol. The van der Waals surface area contributed by atoms with Crippen LogP contribution in [0.15, 0.2) is 18.2 Å². The first-order valence-electron chi connectivity index (χ1n) is 4.71. The zero-order chi connectivity index (χ0) is 11.1. The Morgan fingerprint density at radius 1 is 1.40 bits per heavy atom. The molecular weight excluding hydrogens is 199 g/mol. The molecule has 5 heteroatoms. The first-order valence-corrected chi connectivity index (χ1v) is 4.71. The standard InChI is InChI=1S/C10H15FN2O2/c11-8-1-2-9(12)10(7-8)13-3-5-15-6-4-14/h1-2,7,13-14H,3-6,12H2. The van der Waals surface area contributed by atoms with Crippen LogP contribution in [0.3, 0.4) is 0 Å². The number of aliphatic hydroxyl groups is 1. The maximum absolute atomic E-state index is 12.8. The monoisotopic (exact) mass is 214 g/mol. The molecule has 0 radical (unpaired) electrons. The normalized spacial score (nSPS) is 10.3. The van der Waals surface area contributed by atoms with Crippen LogP contribution in [0.1, 0.15) is 0 Å². The van der Waals surface area contributed by atoms with E-state index in [2.05, 4.69) is 5.32 Å². The number of nitrogens with one attached hydrogen (secondary N) is 1. The summed E-state index contributed by atoms with van der Waals surface area (Å²) in [5.41, 5.74) is 6.68. The highest BCUT2D eigenvalue weighted by Gasteiger charge is 1.99. The summed E-state index contributed by atoms with van der Waals surface area (Å²) >= 11 is 0. The topological polar surface area (TPSA) is 67.5 Å². The van der Waals surface area contributed by atoms with Crippen molar-refractivity contribution in [2.45, 2.75) is 0 Å². The van der Waals surface area contributed by atoms with E-state index in [-0.39, 0.29) is 12.4 Å². The van der Waals surface area contributed by atoms with Gasteiger partial charge in [0.15, 0.2) is 0 Å². The van der Waals surface area contributed by atoms with E-state index in [1.54, 1.807) is 0 Å². The zero-order valence-corrected chi connectivity index (χ0v) is 8.37. The van der Waals surface area contributed by atoms with Crippen LogP contribution in [-0.2, 0) is 4.74 Å². The number of hydrogen-bond donors (Lipinski definition) is 3. The van der Waals surface area contributed by atoms with Gasteiger partial charge in [-0.1, -0.05) is 0 Å². The van der Waals surface area contributed by atoms with Crippen LogP contribution >= 0.6 is 0 Å². The molecule has 0 saturated heterocycles. The summed E-state index contributed by atoms with van der Waals surface area (Å²) in [4.78, 5) is 0. The lowest BCUT2D eigenvalue weighted by Gasteiger charge is -2.09. The smallest absolute Gasteiger partial charge is 0.125 e. The molecule has 0 unspecified atom stereocenters. The lowest BCUT2D eigenvalue weighted by Crippen LogP contribution is -2.12. The van der Waals surface area contributed by atoms with Crippen molar-refractivity contribution in [2.24, 2.45) is 0 Å². The fraction of sp³-hybridized carbons (Fsp3) is 0.400. The van der Waals surface area contributed by atoms with E-state index < -0.39 is 0 Å². The second-order valence-corrected chi connectivity index (χ2v) is 2.99. The number of nitrogen functional groups attached to an aromatic ring is 1. The molecule has 4 nitrogen and oxygen atoms in total. The minimum atomic E-state index is -0.331. The van der Waals surface area contributed by atoms with Crippen LogP contribution < -0.4 is 11.1 Å². The lowest BCUT2D eigenvalue weighted by atomic mass is 10.2. The van der Waals surface area contributed by atoms with Crippen LogP contribution in [0.4, 0.5) is 15.8 Å². The van der Waals surface area contributed by atoms with Crippen molar-refractivity contribution in [3.8, 4) is 0 Å². The minimum absolute atomic E-state index is 0.00209. The molecule has 0 aromatic heterocycles. The van der Waals surface area contributed by atoms with Gasteiger partial charge in [-0.15, -0.1) is 0 Å². The van der Waals surface area contributed by atoms with Crippen LogP contribution in [0.25, 0.3) is 0 Å². The quantitative estimate of drug-likeness (QED) is 0.484. The lowest BCUT2D eigenvalue weighted by molar-refractivity contribution is 0.0992. The van der Waals surface area contributed by atoms with Crippen molar-refractivity contribution >= 4 is 11.4 Å². The van der Waals surface area contributed by atoms with Gasteiger partial charge in [-0.25, -0.2) is 4.39 Å². The summed E-state index contributed by atoms with van der Waals surface area (Å²) in [6, 6.07) is 4.15. The molecule has 0 bridgehead atoms. The van der Waals surface area contributed by atoms with Crippen molar-refractivity contribution < 1.29 is 14.2 Å². The van der Waals surface area contributed by atoms with Crippen LogP contribution in [0, 0.1) is 5.82 Å². The number of hydrogen-bond acceptors (Lipinski definition) is 4. The summed E-state index contributed by atoms with van der Waals surface area (Å²) in [6.45, 7) is 1.27. The molecule has 0 spiro atoms. The average Bonchev–Trinajstić information content (AvgIpc) is 2.23. The van der Waals surface area contributed by atoms with E-state index >= 15 is 0 Å². The van der Waals surface area contributed by atoms with E-state index in [0.717, 1.165) is 0 Å². The molecule has 1 aromatic rings. The number of aliphatic hydroxyl groups excluding tert-OH is 1. The molecule has 0 aliphatic rings. The second-order valence-electron chi connectivity index (χ2n) is 2.99. The van der Waals surface area contributed by atoms with Crippen LogP contribution in [0.5, 0.6) is 0 Å². The van der Waals surface area contributed by atoms with E-state index in [9.17, 15) is 4.39 Å². The third kappa shape index (κ3) is 4.14. The highest BCUT2D eigenvalue weighted by molar-refractivity contribution is 5.65. The summed E-state index contributed by atoms with van der Waals surface area (Å²) in [5, 5.41) is 11.4. The molecular formula is C10H15FN2O2. The Hall–Kier alpha value is -1.33. The third-order valence-corrected chi connectivity index (χ3v) is 1.81. The molecule has 0 amide bonds. The highest BCUT2D eigenvalue weighted by Crippen LogP contribution is 2.18. The van der Waals surface area contributed by atoms with E-state index in [1.165, 1.54) is 18.2 Å². The number of halogens is 1. The zero-order valence-electron chi connectivity index (χ0n) is 8.37. The largest absolute Gasteiger partial charge is 0.397 e. The Morgan fingerprint density at radius 3 is 2.93 bits per heavy atom. The molecule has 0 atom stereocenters. The Bertz CT molecular complexity index is 307. The van der Waals surface area contributed by atoms with Gasteiger partial charge < -0.3 is 20.9 Å². The van der Waals surface area contributed by atoms with Gasteiger partial charge in [0.2, 0.25) is 0 Å². The number of anilines is 2. The predicted octanol–water partition coefficient (Wildman–Crippen LogP) is 0.829. The van der Waals surface area contributed by atoms with Crippen molar-refractivity contribution in [1.82, 2.24) is 0 Å². The van der Waals surface area contributed by atoms with Gasteiger partial charge in [0.1, 0.15) is 5.82 Å². The number of nitrogens with two attached hydrogens (primary N) is 1. The molecule has 0 aliphatic carbocycles. The molecule has 15 heavy (non-hydrogen) atoms. The molecule has 1 aromatic carbocycles. The maximum atomic E-state index is 12.8. The van der Waals surface area contributed by atoms with Crippen molar-refractivity contribution in [2.75, 3.05) is 37.4 Å². The van der Waals surface area contributed by atoms with E-state index in [0.29, 0.717) is 31.1 Å². The second kappa shape index (κ2) is 6.21. The fourth-order valence-electron chi connectivity index (χ4n) is 1.11. The summed E-state index contributed by atoms with van der Waals surface area (Å²) in [5.74, 6) is -0.331. The number of ether oxygens (including phenoxy) is 1. The van der Waals surface area contributed by atoms with Gasteiger partial charge >= 0.3 is 0 Å². The SMILES string of the molecule is Nc1ccc(F)cc1NCCOCCO. The fourth-order valence-corrected chi connectivity index (χ4v) is 1.11. The van der Waals surface area contributed by atoms with E-state index in [1.807, 2.05) is 0 Å². The van der Waals surface area contributed by atoms with Crippen molar-refractivity contribution in [3.05, 3.63) is 24.0 Å². The van der Waals surface area contributed by atoms with Gasteiger partial charge in [0.05, 0.1) is 31.2 Å². The van der Waals surface area contributed by atoms with Crippen LogP contribution in [-0.4, -0.2) is 31.5 Å². The van der Waals surface area contributed by atoms with Gasteiger partial charge in [0.25, 0.3) is 0 Å². The van der Waals surface area contributed by atoms with Crippen LogP contribution in [0.2, 0.25) is 0 Å². The van der Waals surface area contributed by atoms with Gasteiger partial charge in [-0.05, 0) is 18.2 Å². The molecule has 0 heterocycles. The highest BCUT2D eigenvalue weighted by atomic mass is 19.1. The Morgan fingerprint density at radius 2 is 2.20 bits per heavy atom. The molecule has 1 rings (SSSR count). The predicted molar refractivity (Wildman–Crippen MR) is 57.2 cm³/mol. The molecule has 0 saturated carbocycles. The maximum Gasteiger partial charge on any atom is 0.125 e. The first kappa shape index (κ1) is 11.7. The Kier molecular flexibility index (Phi) is 4.86. The van der Waals surface area contributed by atoms with Gasteiger partial charge in [-0.2, -0.15) is 0 Å². The van der Waals surface area contributed by atoms with Gasteiger partial charge in [0, 0.05) is 6.54 Å². The number of benzene rings is 1. The van der Waals surface area contributed by atoms with E-state index in [4.69, 9.17) is 15.6 Å². The molecule has 0 fully saturated rings. The Balaban J connectivity index is 2.33. The minimum Gasteiger partial charge on any atom is -0.397 e. The summed E-state index contributed by atoms with van der Waals surface area (Å²) < 4.78 is 17.8. The first-order chi connectivity index (χ1) is 7.24. The summed E-state index contributed by atoms with van der Waals surface area (Å²) in [7, 11) is 0. The number of rotatable bonds is 6. The van der Waals surface area contributed by atoms with Crippen molar-refractivity contribution in [3.63, 3.8) is 0 Å². The van der Waals surface area contributed by atoms with Gasteiger partial charge in [-0.3, -0.25) is 0 Å². The molecule has 4 N–H and O–H groups in total. The third-order valence-electron chi connectivity index (χ3n) is 1.81. The van der Waals surface area contributed by atoms with Crippen molar-refractivity contribution in [1.29, 1.82) is 0 Å². The molecule has 84 valence electrons. The Labute approximate surface area is 87.9 Å².